The van der Waals surface area contributed by atoms with Gasteiger partial charge in [-0.2, -0.15) is 0 Å². The predicted octanol–water partition coefficient (Wildman–Crippen LogP) is 2.07. The molecule has 0 saturated carbocycles. The molecule has 0 fully saturated rings. The number of benzene rings is 1. The molecule has 1 heterocycles. The van der Waals surface area contributed by atoms with Gasteiger partial charge in [0.2, 0.25) is 15.9 Å². The zero-order valence-electron chi connectivity index (χ0n) is 9.78. The summed E-state index contributed by atoms with van der Waals surface area (Å²) in [4.78, 5) is 3.77. The van der Waals surface area contributed by atoms with Gasteiger partial charge in [0.15, 0.2) is 0 Å². The van der Waals surface area contributed by atoms with E-state index in [0.717, 1.165) is 10.0 Å². The fraction of sp³-hybridized carbons (Fsp3) is 0.0833. The molecule has 0 unspecified atom stereocenters. The van der Waals surface area contributed by atoms with Crippen LogP contribution in [0.15, 0.2) is 52.0 Å². The highest BCUT2D eigenvalue weighted by Gasteiger charge is 2.15. The molecule has 1 aromatic carbocycles. The lowest BCUT2D eigenvalue weighted by Crippen LogP contribution is -2.14. The SMILES string of the molecule is NS(=O)(=O)c1cccnc1OCc1ccc(Br)cc1. The van der Waals surface area contributed by atoms with Crippen LogP contribution in [0.5, 0.6) is 5.88 Å². The summed E-state index contributed by atoms with van der Waals surface area (Å²) in [7, 11) is -3.84. The van der Waals surface area contributed by atoms with Crippen molar-refractivity contribution in [2.45, 2.75) is 11.5 Å². The fourth-order valence-corrected chi connectivity index (χ4v) is 2.32. The summed E-state index contributed by atoms with van der Waals surface area (Å²) >= 11 is 3.33. The fourth-order valence-electron chi connectivity index (χ4n) is 1.43. The van der Waals surface area contributed by atoms with Crippen LogP contribution in [0.25, 0.3) is 0 Å². The Labute approximate surface area is 119 Å². The van der Waals surface area contributed by atoms with E-state index in [9.17, 15) is 8.42 Å². The van der Waals surface area contributed by atoms with E-state index < -0.39 is 10.0 Å². The van der Waals surface area contributed by atoms with Crippen molar-refractivity contribution >= 4 is 26.0 Å². The molecule has 5 nitrogen and oxygen atoms in total. The molecule has 0 radical (unpaired) electrons. The van der Waals surface area contributed by atoms with E-state index in [1.54, 1.807) is 0 Å². The monoisotopic (exact) mass is 342 g/mol. The van der Waals surface area contributed by atoms with Gasteiger partial charge in [-0.25, -0.2) is 18.5 Å². The van der Waals surface area contributed by atoms with Crippen molar-refractivity contribution in [1.29, 1.82) is 0 Å². The van der Waals surface area contributed by atoms with Crippen LogP contribution in [0.2, 0.25) is 0 Å². The highest BCUT2D eigenvalue weighted by Crippen LogP contribution is 2.20. The van der Waals surface area contributed by atoms with Crippen molar-refractivity contribution in [2.24, 2.45) is 5.14 Å². The number of halogens is 1. The molecule has 0 aliphatic carbocycles. The first kappa shape index (κ1) is 14.0. The molecule has 2 rings (SSSR count). The van der Waals surface area contributed by atoms with E-state index in [1.807, 2.05) is 24.3 Å². The Morgan fingerprint density at radius 3 is 2.53 bits per heavy atom. The van der Waals surface area contributed by atoms with Gasteiger partial charge in [0.1, 0.15) is 11.5 Å². The zero-order valence-corrected chi connectivity index (χ0v) is 12.2. The highest BCUT2D eigenvalue weighted by atomic mass is 79.9. The zero-order chi connectivity index (χ0) is 13.9. The summed E-state index contributed by atoms with van der Waals surface area (Å²) in [5.74, 6) is 0.00733. The number of primary sulfonamides is 1. The van der Waals surface area contributed by atoms with Gasteiger partial charge in [-0.15, -0.1) is 0 Å². The Morgan fingerprint density at radius 2 is 1.89 bits per heavy atom. The number of nitrogens with zero attached hydrogens (tertiary/aromatic N) is 1. The van der Waals surface area contributed by atoms with Crippen LogP contribution in [-0.4, -0.2) is 13.4 Å². The van der Waals surface area contributed by atoms with E-state index in [2.05, 4.69) is 20.9 Å². The topological polar surface area (TPSA) is 82.3 Å². The third-order valence-corrected chi connectivity index (χ3v) is 3.78. The number of pyridine rings is 1. The first-order valence-corrected chi connectivity index (χ1v) is 7.66. The Hall–Kier alpha value is -1.44. The maximum absolute atomic E-state index is 11.4. The lowest BCUT2D eigenvalue weighted by molar-refractivity contribution is 0.285. The van der Waals surface area contributed by atoms with Crippen LogP contribution in [0.3, 0.4) is 0 Å². The second kappa shape index (κ2) is 5.68. The average Bonchev–Trinajstić information content (AvgIpc) is 2.37. The van der Waals surface area contributed by atoms with E-state index in [0.29, 0.717) is 0 Å². The average molecular weight is 343 g/mol. The van der Waals surface area contributed by atoms with Crippen LogP contribution in [-0.2, 0) is 16.6 Å². The molecule has 0 amide bonds. The van der Waals surface area contributed by atoms with Gasteiger partial charge in [0.25, 0.3) is 0 Å². The molecular formula is C12H11BrN2O3S. The summed E-state index contributed by atoms with van der Waals surface area (Å²) in [6, 6.07) is 10.3. The molecule has 0 aliphatic rings. The van der Waals surface area contributed by atoms with Crippen molar-refractivity contribution in [3.8, 4) is 5.88 Å². The molecule has 0 spiro atoms. The van der Waals surface area contributed by atoms with E-state index in [4.69, 9.17) is 9.88 Å². The molecule has 100 valence electrons. The van der Waals surface area contributed by atoms with Gasteiger partial charge in [0, 0.05) is 10.7 Å². The summed E-state index contributed by atoms with van der Waals surface area (Å²) < 4.78 is 29.1. The van der Waals surface area contributed by atoms with Crippen molar-refractivity contribution in [2.75, 3.05) is 0 Å². The minimum absolute atomic E-state index is 0.00733. The molecule has 0 saturated heterocycles. The largest absolute Gasteiger partial charge is 0.472 e. The van der Waals surface area contributed by atoms with Crippen LogP contribution in [0.1, 0.15) is 5.56 Å². The van der Waals surface area contributed by atoms with Gasteiger partial charge < -0.3 is 4.74 Å². The molecule has 0 aliphatic heterocycles. The normalized spacial score (nSPS) is 11.3. The van der Waals surface area contributed by atoms with Crippen LogP contribution in [0.4, 0.5) is 0 Å². The molecule has 1 aromatic heterocycles. The molecule has 2 aromatic rings. The van der Waals surface area contributed by atoms with E-state index in [-0.39, 0.29) is 17.4 Å². The van der Waals surface area contributed by atoms with E-state index >= 15 is 0 Å². The summed E-state index contributed by atoms with van der Waals surface area (Å²) in [5, 5.41) is 5.09. The second-order valence-electron chi connectivity index (χ2n) is 3.77. The number of rotatable bonds is 4. The minimum Gasteiger partial charge on any atom is -0.472 e. The lowest BCUT2D eigenvalue weighted by Gasteiger charge is -2.08. The van der Waals surface area contributed by atoms with Gasteiger partial charge >= 0.3 is 0 Å². The number of sulfonamides is 1. The van der Waals surface area contributed by atoms with Gasteiger partial charge in [-0.1, -0.05) is 28.1 Å². The smallest absolute Gasteiger partial charge is 0.243 e. The van der Waals surface area contributed by atoms with Gasteiger partial charge in [0.05, 0.1) is 0 Å². The Balaban J connectivity index is 2.18. The molecule has 2 N–H and O–H groups in total. The first-order valence-electron chi connectivity index (χ1n) is 5.32. The maximum Gasteiger partial charge on any atom is 0.243 e. The van der Waals surface area contributed by atoms with E-state index in [1.165, 1.54) is 18.3 Å². The Kier molecular flexibility index (Phi) is 4.18. The van der Waals surface area contributed by atoms with Crippen LogP contribution < -0.4 is 9.88 Å². The quantitative estimate of drug-likeness (QED) is 0.921. The standard InChI is InChI=1S/C12H11BrN2O3S/c13-10-5-3-9(4-6-10)8-18-12-11(19(14,16)17)2-1-7-15-12/h1-7H,8H2,(H2,14,16,17). The number of hydrogen-bond donors (Lipinski definition) is 1. The predicted molar refractivity (Wildman–Crippen MR) is 74.1 cm³/mol. The number of nitrogens with two attached hydrogens (primary N) is 1. The third kappa shape index (κ3) is 3.76. The van der Waals surface area contributed by atoms with Crippen LogP contribution >= 0.6 is 15.9 Å². The van der Waals surface area contributed by atoms with Crippen LogP contribution in [0, 0.1) is 0 Å². The first-order chi connectivity index (χ1) is 8.97. The minimum atomic E-state index is -3.84. The van der Waals surface area contributed by atoms with Gasteiger partial charge in [-0.3, -0.25) is 0 Å². The van der Waals surface area contributed by atoms with Crippen molar-refractivity contribution in [3.63, 3.8) is 0 Å². The van der Waals surface area contributed by atoms with Gasteiger partial charge in [-0.05, 0) is 29.8 Å². The van der Waals surface area contributed by atoms with Crippen molar-refractivity contribution < 1.29 is 13.2 Å². The second-order valence-corrected chi connectivity index (χ2v) is 6.21. The summed E-state index contributed by atoms with van der Waals surface area (Å²) in [6.45, 7) is 0.215. The Bertz CT molecular complexity index is 672. The van der Waals surface area contributed by atoms with Crippen molar-refractivity contribution in [3.05, 3.63) is 52.6 Å². The highest BCUT2D eigenvalue weighted by molar-refractivity contribution is 9.10. The molecular weight excluding hydrogens is 332 g/mol. The maximum atomic E-state index is 11.4. The molecule has 0 atom stereocenters. The van der Waals surface area contributed by atoms with Crippen molar-refractivity contribution in [1.82, 2.24) is 4.98 Å². The summed E-state index contributed by atoms with van der Waals surface area (Å²) in [5.41, 5.74) is 0.897. The molecule has 7 heteroatoms. The lowest BCUT2D eigenvalue weighted by atomic mass is 10.2. The third-order valence-electron chi connectivity index (χ3n) is 2.33. The summed E-state index contributed by atoms with van der Waals surface area (Å²) in [6.07, 6.45) is 1.45. The molecule has 0 bridgehead atoms. The number of hydrogen-bond acceptors (Lipinski definition) is 4. The number of aromatic nitrogens is 1. The molecule has 19 heavy (non-hydrogen) atoms. The Morgan fingerprint density at radius 1 is 1.21 bits per heavy atom. The number of ether oxygens (including phenoxy) is 1.